The third kappa shape index (κ3) is 3.82. The number of allylic oxidation sites excluding steroid dienone is 2. The van der Waals surface area contributed by atoms with Crippen molar-refractivity contribution in [1.82, 2.24) is 4.90 Å². The first-order chi connectivity index (χ1) is 20.6. The van der Waals surface area contributed by atoms with E-state index in [-0.39, 0.29) is 29.6 Å². The molecule has 0 N–H and O–H groups in total. The first kappa shape index (κ1) is 27.5. The van der Waals surface area contributed by atoms with E-state index in [0.717, 1.165) is 49.3 Å². The second-order valence-electron chi connectivity index (χ2n) is 14.8. The Morgan fingerprint density at radius 3 is 2.77 bits per heavy atom. The van der Waals surface area contributed by atoms with Gasteiger partial charge in [0.15, 0.2) is 17.2 Å². The molecule has 5 heteroatoms. The van der Waals surface area contributed by atoms with E-state index in [1.165, 1.54) is 53.5 Å². The third-order valence-electron chi connectivity index (χ3n) is 13.1. The van der Waals surface area contributed by atoms with Crippen LogP contribution in [0, 0.1) is 22.7 Å². The van der Waals surface area contributed by atoms with E-state index in [2.05, 4.69) is 75.9 Å². The Kier molecular flexibility index (Phi) is 6.06. The minimum atomic E-state index is -0.765. The van der Waals surface area contributed by atoms with Gasteiger partial charge >= 0.3 is 5.97 Å². The smallest absolute Gasteiger partial charge is 0.332 e. The predicted molar refractivity (Wildman–Crippen MR) is 168 cm³/mol. The number of ether oxygens (including phenoxy) is 3. The summed E-state index contributed by atoms with van der Waals surface area (Å²) in [6.45, 7) is 13.2. The Bertz CT molecular complexity index is 1590. The molecule has 226 valence electrons. The summed E-state index contributed by atoms with van der Waals surface area (Å²) in [6.07, 6.45) is 13.1. The maximum Gasteiger partial charge on any atom is 0.332 e. The summed E-state index contributed by atoms with van der Waals surface area (Å²) in [5.41, 5.74) is 8.85. The highest BCUT2D eigenvalue weighted by molar-refractivity contribution is 5.87. The van der Waals surface area contributed by atoms with Crippen molar-refractivity contribution >= 4 is 5.97 Å². The molecule has 2 aromatic carbocycles. The number of carbonyl (C=O) groups is 1. The SMILES string of the molecule is CC1=CCC[C@@H]2[C@@](C)(CCC3=CC(=O)O[C@@]3(C)N3CCc4cc5c(c6c4[C@H]3Cc3ccccc3-6)OCO5)[C@H](C)CC[C@@]12C. The number of esters is 1. The van der Waals surface area contributed by atoms with E-state index in [9.17, 15) is 4.79 Å². The van der Waals surface area contributed by atoms with E-state index in [0.29, 0.717) is 11.8 Å². The van der Waals surface area contributed by atoms with Gasteiger partial charge in [0.25, 0.3) is 0 Å². The largest absolute Gasteiger partial charge is 0.454 e. The molecule has 3 aliphatic carbocycles. The van der Waals surface area contributed by atoms with Crippen molar-refractivity contribution < 1.29 is 19.0 Å². The van der Waals surface area contributed by atoms with Crippen LogP contribution >= 0.6 is 0 Å². The van der Waals surface area contributed by atoms with Gasteiger partial charge in [-0.05, 0) is 122 Å². The van der Waals surface area contributed by atoms with Crippen molar-refractivity contribution in [2.45, 2.75) is 97.8 Å². The van der Waals surface area contributed by atoms with E-state index < -0.39 is 5.72 Å². The van der Waals surface area contributed by atoms with Gasteiger partial charge in [-0.25, -0.2) is 4.79 Å². The molecule has 2 aromatic rings. The fourth-order valence-corrected chi connectivity index (χ4v) is 10.2. The lowest BCUT2D eigenvalue weighted by Crippen LogP contribution is -2.54. The first-order valence-corrected chi connectivity index (χ1v) is 16.5. The molecular weight excluding hydrogens is 534 g/mol. The average Bonchev–Trinajstić information content (AvgIpc) is 3.58. The molecule has 6 aliphatic rings. The van der Waals surface area contributed by atoms with Crippen LogP contribution < -0.4 is 9.47 Å². The summed E-state index contributed by atoms with van der Waals surface area (Å²) in [4.78, 5) is 15.6. The number of rotatable bonds is 4. The summed E-state index contributed by atoms with van der Waals surface area (Å²) in [6, 6.07) is 11.0. The lowest BCUT2D eigenvalue weighted by atomic mass is 9.47. The Morgan fingerprint density at radius 2 is 1.91 bits per heavy atom. The van der Waals surface area contributed by atoms with Gasteiger partial charge in [-0.15, -0.1) is 0 Å². The zero-order chi connectivity index (χ0) is 29.7. The number of cyclic esters (lactones) is 1. The average molecular weight is 580 g/mol. The van der Waals surface area contributed by atoms with Crippen LogP contribution in [0.2, 0.25) is 0 Å². The fraction of sp³-hybridized carbons (Fsp3) is 0.553. The van der Waals surface area contributed by atoms with E-state index in [1.54, 1.807) is 5.57 Å². The summed E-state index contributed by atoms with van der Waals surface area (Å²) in [5, 5.41) is 0. The molecule has 3 heterocycles. The molecule has 0 saturated heterocycles. The zero-order valence-corrected chi connectivity index (χ0v) is 26.4. The molecular formula is C38H45NO4. The normalized spacial score (nSPS) is 35.8. The van der Waals surface area contributed by atoms with Crippen molar-refractivity contribution in [3.8, 4) is 22.6 Å². The van der Waals surface area contributed by atoms with Crippen LogP contribution in [0.3, 0.4) is 0 Å². The van der Waals surface area contributed by atoms with Gasteiger partial charge in [-0.1, -0.05) is 56.7 Å². The van der Waals surface area contributed by atoms with Gasteiger partial charge in [-0.3, -0.25) is 4.90 Å². The number of hydrogen-bond acceptors (Lipinski definition) is 5. The van der Waals surface area contributed by atoms with Gasteiger partial charge in [0.2, 0.25) is 6.79 Å². The number of nitrogens with zero attached hydrogens (tertiary/aromatic N) is 1. The molecule has 1 saturated carbocycles. The van der Waals surface area contributed by atoms with Crippen LogP contribution in [-0.4, -0.2) is 29.9 Å². The Hall–Kier alpha value is -3.05. The van der Waals surface area contributed by atoms with Crippen LogP contribution in [0.15, 0.2) is 53.6 Å². The second kappa shape index (κ2) is 9.47. The molecule has 0 unspecified atom stereocenters. The van der Waals surface area contributed by atoms with Crippen molar-refractivity contribution in [3.05, 3.63) is 70.3 Å². The van der Waals surface area contributed by atoms with Crippen LogP contribution in [-0.2, 0) is 22.4 Å². The van der Waals surface area contributed by atoms with Crippen LogP contribution in [0.5, 0.6) is 11.5 Å². The quantitative estimate of drug-likeness (QED) is 0.269. The van der Waals surface area contributed by atoms with Crippen LogP contribution in [0.1, 0.15) is 95.9 Å². The lowest BCUT2D eigenvalue weighted by Gasteiger charge is -2.58. The molecule has 0 aromatic heterocycles. The van der Waals surface area contributed by atoms with Crippen LogP contribution in [0.4, 0.5) is 0 Å². The van der Waals surface area contributed by atoms with E-state index in [1.807, 2.05) is 6.08 Å². The molecule has 0 amide bonds. The van der Waals surface area contributed by atoms with Gasteiger partial charge in [0, 0.05) is 24.2 Å². The number of hydrogen-bond donors (Lipinski definition) is 0. The first-order valence-electron chi connectivity index (χ1n) is 16.5. The molecule has 8 rings (SSSR count). The molecule has 5 nitrogen and oxygen atoms in total. The van der Waals surface area contributed by atoms with Gasteiger partial charge in [0.1, 0.15) is 0 Å². The minimum absolute atomic E-state index is 0.0982. The van der Waals surface area contributed by atoms with Crippen molar-refractivity contribution in [1.29, 1.82) is 0 Å². The van der Waals surface area contributed by atoms with Crippen molar-refractivity contribution in [2.24, 2.45) is 22.7 Å². The maximum atomic E-state index is 13.1. The molecule has 3 aliphatic heterocycles. The van der Waals surface area contributed by atoms with Crippen LogP contribution in [0.25, 0.3) is 11.1 Å². The molecule has 0 radical (unpaired) electrons. The molecule has 43 heavy (non-hydrogen) atoms. The summed E-state index contributed by atoms with van der Waals surface area (Å²) >= 11 is 0. The predicted octanol–water partition coefficient (Wildman–Crippen LogP) is 8.32. The standard InChI is InChI=1S/C38H45NO4/c1-23-9-8-12-31-36(23,3)16-13-24(2)37(31,4)17-14-27-21-32(40)43-38(27,5)39-18-15-26-20-30-35(42-22-41-30)34-28-11-7-6-10-25(28)19-29(39)33(26)34/h6-7,9-11,20-21,24,29,31H,8,12-19,22H2,1-5H3/t24-,29-,31+,36+,37+,38-/m1/s1. The summed E-state index contributed by atoms with van der Waals surface area (Å²) in [5.74, 6) is 2.84. The number of benzene rings is 2. The monoisotopic (exact) mass is 579 g/mol. The minimum Gasteiger partial charge on any atom is -0.454 e. The molecule has 1 fully saturated rings. The van der Waals surface area contributed by atoms with Gasteiger partial charge in [-0.2, -0.15) is 0 Å². The molecule has 0 spiro atoms. The highest BCUT2D eigenvalue weighted by Crippen LogP contribution is 2.62. The maximum absolute atomic E-state index is 13.1. The number of carbonyl (C=O) groups excluding carboxylic acids is 1. The zero-order valence-electron chi connectivity index (χ0n) is 26.4. The summed E-state index contributed by atoms with van der Waals surface area (Å²) < 4.78 is 18.4. The lowest BCUT2D eigenvalue weighted by molar-refractivity contribution is -0.167. The summed E-state index contributed by atoms with van der Waals surface area (Å²) in [7, 11) is 0. The highest BCUT2D eigenvalue weighted by atomic mass is 16.7. The third-order valence-corrected chi connectivity index (χ3v) is 13.1. The van der Waals surface area contributed by atoms with Gasteiger partial charge < -0.3 is 14.2 Å². The molecule has 6 atom stereocenters. The fourth-order valence-electron chi connectivity index (χ4n) is 10.2. The highest BCUT2D eigenvalue weighted by Gasteiger charge is 2.55. The van der Waals surface area contributed by atoms with Crippen molar-refractivity contribution in [3.63, 3.8) is 0 Å². The Balaban J connectivity index is 1.14. The Morgan fingerprint density at radius 1 is 1.07 bits per heavy atom. The topological polar surface area (TPSA) is 48.0 Å². The van der Waals surface area contributed by atoms with E-state index in [4.69, 9.17) is 14.2 Å². The van der Waals surface area contributed by atoms with Crippen molar-refractivity contribution in [2.75, 3.05) is 13.3 Å². The Labute approximate surface area is 256 Å². The van der Waals surface area contributed by atoms with E-state index >= 15 is 0 Å². The number of fused-ring (bicyclic) bond motifs is 5. The van der Waals surface area contributed by atoms with Gasteiger partial charge in [0.05, 0.1) is 0 Å². The second-order valence-corrected chi connectivity index (χ2v) is 14.8. The molecule has 0 bridgehead atoms.